The quantitative estimate of drug-likeness (QED) is 0.844. The van der Waals surface area contributed by atoms with Gasteiger partial charge in [0.2, 0.25) is 5.75 Å². The first-order chi connectivity index (χ1) is 8.28. The van der Waals surface area contributed by atoms with Gasteiger partial charge >= 0.3 is 0 Å². The second-order valence-corrected chi connectivity index (χ2v) is 3.79. The number of rotatable bonds is 5. The standard InChI is InChI=1S/C12H17NO4/c1-14-10-4-8(13-9-6-17-7-9)5-11(15-2)12(10)16-3/h4-5,9,13H,6-7H2,1-3H3. The summed E-state index contributed by atoms with van der Waals surface area (Å²) in [6.07, 6.45) is 0. The maximum Gasteiger partial charge on any atom is 0.203 e. The van der Waals surface area contributed by atoms with Crippen LogP contribution in [0.15, 0.2) is 12.1 Å². The summed E-state index contributed by atoms with van der Waals surface area (Å²) in [7, 11) is 4.80. The smallest absolute Gasteiger partial charge is 0.203 e. The Morgan fingerprint density at radius 2 is 1.65 bits per heavy atom. The molecule has 0 spiro atoms. The molecule has 1 aliphatic rings. The highest BCUT2D eigenvalue weighted by Gasteiger charge is 2.20. The summed E-state index contributed by atoms with van der Waals surface area (Å²) in [5.74, 6) is 1.90. The molecule has 1 aromatic carbocycles. The van der Waals surface area contributed by atoms with Crippen LogP contribution < -0.4 is 19.5 Å². The average Bonchev–Trinajstić information content (AvgIpc) is 2.32. The molecule has 0 aliphatic carbocycles. The van der Waals surface area contributed by atoms with Crippen LogP contribution in [-0.2, 0) is 4.74 Å². The van der Waals surface area contributed by atoms with E-state index in [2.05, 4.69) is 5.32 Å². The molecule has 2 rings (SSSR count). The lowest BCUT2D eigenvalue weighted by Crippen LogP contribution is -2.40. The molecule has 5 heteroatoms. The highest BCUT2D eigenvalue weighted by molar-refractivity contribution is 5.62. The van der Waals surface area contributed by atoms with E-state index in [1.807, 2.05) is 12.1 Å². The van der Waals surface area contributed by atoms with E-state index >= 15 is 0 Å². The second-order valence-electron chi connectivity index (χ2n) is 3.79. The van der Waals surface area contributed by atoms with Crippen LogP contribution >= 0.6 is 0 Å². The first-order valence-corrected chi connectivity index (χ1v) is 5.42. The van der Waals surface area contributed by atoms with Crippen molar-refractivity contribution in [2.45, 2.75) is 6.04 Å². The first kappa shape index (κ1) is 11.9. The molecule has 17 heavy (non-hydrogen) atoms. The summed E-state index contributed by atoms with van der Waals surface area (Å²) in [6.45, 7) is 1.47. The molecule has 5 nitrogen and oxygen atoms in total. The van der Waals surface area contributed by atoms with Crippen molar-refractivity contribution >= 4 is 5.69 Å². The van der Waals surface area contributed by atoms with E-state index in [1.165, 1.54) is 0 Å². The minimum absolute atomic E-state index is 0.359. The zero-order valence-electron chi connectivity index (χ0n) is 10.3. The van der Waals surface area contributed by atoms with Gasteiger partial charge in [0.15, 0.2) is 11.5 Å². The molecule has 1 fully saturated rings. The predicted octanol–water partition coefficient (Wildman–Crippen LogP) is 1.52. The minimum atomic E-state index is 0.359. The summed E-state index contributed by atoms with van der Waals surface area (Å²) in [5, 5.41) is 3.34. The van der Waals surface area contributed by atoms with Crippen LogP contribution in [0.5, 0.6) is 17.2 Å². The van der Waals surface area contributed by atoms with Crippen LogP contribution in [0.2, 0.25) is 0 Å². The molecule has 1 aromatic rings. The maximum absolute atomic E-state index is 5.28. The number of nitrogens with one attached hydrogen (secondary N) is 1. The molecule has 1 saturated heterocycles. The molecule has 0 bridgehead atoms. The fourth-order valence-corrected chi connectivity index (χ4v) is 1.72. The number of hydrogen-bond donors (Lipinski definition) is 1. The summed E-state index contributed by atoms with van der Waals surface area (Å²) < 4.78 is 20.9. The van der Waals surface area contributed by atoms with Gasteiger partial charge in [-0.05, 0) is 0 Å². The average molecular weight is 239 g/mol. The second kappa shape index (κ2) is 5.14. The van der Waals surface area contributed by atoms with Gasteiger partial charge in [0.25, 0.3) is 0 Å². The molecule has 0 unspecified atom stereocenters. The number of hydrogen-bond acceptors (Lipinski definition) is 5. The lowest BCUT2D eigenvalue weighted by molar-refractivity contribution is 0.0211. The van der Waals surface area contributed by atoms with Crippen LogP contribution in [0.25, 0.3) is 0 Å². The fraction of sp³-hybridized carbons (Fsp3) is 0.500. The largest absolute Gasteiger partial charge is 0.493 e. The number of ether oxygens (including phenoxy) is 4. The van der Waals surface area contributed by atoms with Crippen molar-refractivity contribution in [1.82, 2.24) is 0 Å². The van der Waals surface area contributed by atoms with Crippen LogP contribution in [-0.4, -0.2) is 40.6 Å². The Bertz CT molecular complexity index is 365. The topological polar surface area (TPSA) is 49.0 Å². The molecule has 1 N–H and O–H groups in total. The number of methoxy groups -OCH3 is 3. The van der Waals surface area contributed by atoms with Crippen molar-refractivity contribution < 1.29 is 18.9 Å². The Kier molecular flexibility index (Phi) is 3.58. The van der Waals surface area contributed by atoms with Crippen molar-refractivity contribution in [2.24, 2.45) is 0 Å². The van der Waals surface area contributed by atoms with E-state index in [-0.39, 0.29) is 0 Å². The summed E-state index contributed by atoms with van der Waals surface area (Å²) in [6, 6.07) is 4.14. The normalized spacial score (nSPS) is 15.0. The van der Waals surface area contributed by atoms with Gasteiger partial charge in [-0.3, -0.25) is 0 Å². The van der Waals surface area contributed by atoms with Crippen molar-refractivity contribution in [2.75, 3.05) is 39.9 Å². The number of anilines is 1. The molecular weight excluding hydrogens is 222 g/mol. The Morgan fingerprint density at radius 1 is 1.06 bits per heavy atom. The van der Waals surface area contributed by atoms with Gasteiger partial charge in [0, 0.05) is 17.8 Å². The van der Waals surface area contributed by atoms with E-state index in [4.69, 9.17) is 18.9 Å². The van der Waals surface area contributed by atoms with Crippen molar-refractivity contribution in [1.29, 1.82) is 0 Å². The van der Waals surface area contributed by atoms with E-state index in [1.54, 1.807) is 21.3 Å². The van der Waals surface area contributed by atoms with Crippen molar-refractivity contribution in [3.8, 4) is 17.2 Å². The SMILES string of the molecule is COc1cc(NC2COC2)cc(OC)c1OC. The molecular formula is C12H17NO4. The predicted molar refractivity (Wildman–Crippen MR) is 64.3 cm³/mol. The Balaban J connectivity index is 2.26. The molecule has 0 saturated carbocycles. The summed E-state index contributed by atoms with van der Waals surface area (Å²) in [5.41, 5.74) is 0.938. The summed E-state index contributed by atoms with van der Waals surface area (Å²) >= 11 is 0. The van der Waals surface area contributed by atoms with Crippen molar-refractivity contribution in [3.05, 3.63) is 12.1 Å². The molecule has 1 heterocycles. The fourth-order valence-electron chi connectivity index (χ4n) is 1.72. The third-order valence-corrected chi connectivity index (χ3v) is 2.67. The molecule has 94 valence electrons. The zero-order valence-corrected chi connectivity index (χ0v) is 10.3. The summed E-state index contributed by atoms with van der Waals surface area (Å²) in [4.78, 5) is 0. The lowest BCUT2D eigenvalue weighted by atomic mass is 10.2. The van der Waals surface area contributed by atoms with Gasteiger partial charge < -0.3 is 24.3 Å². The van der Waals surface area contributed by atoms with Crippen molar-refractivity contribution in [3.63, 3.8) is 0 Å². The lowest BCUT2D eigenvalue weighted by Gasteiger charge is -2.28. The third kappa shape index (κ3) is 2.39. The van der Waals surface area contributed by atoms with Gasteiger partial charge in [0.05, 0.1) is 40.6 Å². The molecule has 0 radical (unpaired) electrons. The van der Waals surface area contributed by atoms with Gasteiger partial charge in [0.1, 0.15) is 0 Å². The van der Waals surface area contributed by atoms with Crippen LogP contribution in [0, 0.1) is 0 Å². The number of benzene rings is 1. The van der Waals surface area contributed by atoms with Gasteiger partial charge in [-0.25, -0.2) is 0 Å². The Labute approximate surface area is 101 Å². The van der Waals surface area contributed by atoms with Gasteiger partial charge in [-0.15, -0.1) is 0 Å². The van der Waals surface area contributed by atoms with Crippen LogP contribution in [0.4, 0.5) is 5.69 Å². The van der Waals surface area contributed by atoms with E-state index in [0.29, 0.717) is 23.3 Å². The van der Waals surface area contributed by atoms with E-state index < -0.39 is 0 Å². The first-order valence-electron chi connectivity index (χ1n) is 5.42. The molecule has 0 aromatic heterocycles. The van der Waals surface area contributed by atoms with Gasteiger partial charge in [-0.2, -0.15) is 0 Å². The third-order valence-electron chi connectivity index (χ3n) is 2.67. The highest BCUT2D eigenvalue weighted by Crippen LogP contribution is 2.40. The monoisotopic (exact) mass is 239 g/mol. The Hall–Kier alpha value is -1.62. The maximum atomic E-state index is 5.28. The Morgan fingerprint density at radius 3 is 2.00 bits per heavy atom. The molecule has 1 aliphatic heterocycles. The highest BCUT2D eigenvalue weighted by atomic mass is 16.5. The van der Waals surface area contributed by atoms with Crippen LogP contribution in [0.3, 0.4) is 0 Å². The van der Waals surface area contributed by atoms with Gasteiger partial charge in [-0.1, -0.05) is 0 Å². The van der Waals surface area contributed by atoms with E-state index in [9.17, 15) is 0 Å². The zero-order chi connectivity index (χ0) is 12.3. The molecule has 0 amide bonds. The van der Waals surface area contributed by atoms with E-state index in [0.717, 1.165) is 18.9 Å². The van der Waals surface area contributed by atoms with Crippen LogP contribution in [0.1, 0.15) is 0 Å². The molecule has 0 atom stereocenters. The minimum Gasteiger partial charge on any atom is -0.493 e.